The summed E-state index contributed by atoms with van der Waals surface area (Å²) in [5.41, 5.74) is 0.278. The zero-order valence-electron chi connectivity index (χ0n) is 11.5. The zero-order chi connectivity index (χ0) is 14.5. The lowest BCUT2D eigenvalue weighted by Crippen LogP contribution is -2.28. The lowest BCUT2D eigenvalue weighted by Gasteiger charge is -2.12. The Morgan fingerprint density at radius 1 is 1.25 bits per heavy atom. The molecule has 1 atom stereocenters. The average Bonchev–Trinajstić information content (AvgIpc) is 2.46. The molecule has 0 fully saturated rings. The number of nitrogens with one attached hydrogen (secondary N) is 1. The summed E-state index contributed by atoms with van der Waals surface area (Å²) in [4.78, 5) is 12.1. The summed E-state index contributed by atoms with van der Waals surface area (Å²) in [6.07, 6.45) is 0.643. The third-order valence-corrected chi connectivity index (χ3v) is 3.38. The minimum atomic E-state index is -0.293. The van der Waals surface area contributed by atoms with Crippen molar-refractivity contribution in [2.24, 2.45) is 5.92 Å². The number of hydrogen-bond acceptors (Lipinski definition) is 3. The number of carbonyl (C=O) groups is 1. The predicted octanol–water partition coefficient (Wildman–Crippen LogP) is 2.29. The Morgan fingerprint density at radius 2 is 2.00 bits per heavy atom. The van der Waals surface area contributed by atoms with Gasteiger partial charge in [0.25, 0.3) is 5.91 Å². The normalized spacial score (nSPS) is 12.3. The molecule has 0 heterocycles. The summed E-state index contributed by atoms with van der Waals surface area (Å²) < 4.78 is 0. The lowest BCUT2D eigenvalue weighted by molar-refractivity contribution is 0.0943. The molecule has 0 spiro atoms. The molecule has 2 aromatic rings. The molecular formula is C16H19NO3. The minimum Gasteiger partial charge on any atom is -0.506 e. The van der Waals surface area contributed by atoms with E-state index >= 15 is 0 Å². The van der Waals surface area contributed by atoms with E-state index in [1.165, 1.54) is 0 Å². The Bertz CT molecular complexity index is 610. The second kappa shape index (κ2) is 6.39. The van der Waals surface area contributed by atoms with Crippen molar-refractivity contribution in [2.75, 3.05) is 13.2 Å². The van der Waals surface area contributed by atoms with Crippen LogP contribution in [0.2, 0.25) is 0 Å². The Hall–Kier alpha value is -2.07. The minimum absolute atomic E-state index is 0.00964. The Balaban J connectivity index is 2.16. The van der Waals surface area contributed by atoms with Crippen molar-refractivity contribution in [2.45, 2.75) is 13.3 Å². The van der Waals surface area contributed by atoms with Gasteiger partial charge in [-0.05, 0) is 23.8 Å². The molecule has 0 saturated carbocycles. The molecule has 4 nitrogen and oxygen atoms in total. The van der Waals surface area contributed by atoms with Gasteiger partial charge in [-0.1, -0.05) is 37.3 Å². The summed E-state index contributed by atoms with van der Waals surface area (Å²) in [5.74, 6) is -0.0833. The van der Waals surface area contributed by atoms with E-state index in [4.69, 9.17) is 5.11 Å². The quantitative estimate of drug-likeness (QED) is 0.783. The monoisotopic (exact) mass is 273 g/mol. The number of amides is 1. The van der Waals surface area contributed by atoms with Crippen LogP contribution in [0.3, 0.4) is 0 Å². The molecule has 0 aliphatic carbocycles. The van der Waals surface area contributed by atoms with Crippen molar-refractivity contribution in [1.29, 1.82) is 0 Å². The van der Waals surface area contributed by atoms with Crippen LogP contribution in [0.5, 0.6) is 5.75 Å². The van der Waals surface area contributed by atoms with Gasteiger partial charge < -0.3 is 15.5 Å². The van der Waals surface area contributed by atoms with Gasteiger partial charge in [-0.25, -0.2) is 0 Å². The number of aromatic hydroxyl groups is 1. The second-order valence-electron chi connectivity index (χ2n) is 5.01. The molecular weight excluding hydrogens is 254 g/mol. The summed E-state index contributed by atoms with van der Waals surface area (Å²) in [7, 11) is 0. The van der Waals surface area contributed by atoms with Gasteiger partial charge in [0.1, 0.15) is 5.75 Å². The fourth-order valence-corrected chi connectivity index (χ4v) is 2.12. The third-order valence-electron chi connectivity index (χ3n) is 3.38. The van der Waals surface area contributed by atoms with Gasteiger partial charge in [-0.2, -0.15) is 0 Å². The maximum absolute atomic E-state index is 12.1. The van der Waals surface area contributed by atoms with Crippen LogP contribution in [0.4, 0.5) is 0 Å². The molecule has 0 aromatic heterocycles. The molecule has 0 bridgehead atoms. The molecule has 1 amide bonds. The van der Waals surface area contributed by atoms with Gasteiger partial charge in [0.2, 0.25) is 0 Å². The van der Waals surface area contributed by atoms with Crippen molar-refractivity contribution in [3.05, 3.63) is 42.0 Å². The van der Waals surface area contributed by atoms with Crippen LogP contribution < -0.4 is 5.32 Å². The number of phenols is 1. The van der Waals surface area contributed by atoms with E-state index < -0.39 is 0 Å². The van der Waals surface area contributed by atoms with Gasteiger partial charge in [0, 0.05) is 18.5 Å². The van der Waals surface area contributed by atoms with E-state index in [0.29, 0.717) is 18.4 Å². The fourth-order valence-electron chi connectivity index (χ4n) is 2.12. The molecule has 3 N–H and O–H groups in total. The topological polar surface area (TPSA) is 69.6 Å². The van der Waals surface area contributed by atoms with E-state index in [-0.39, 0.29) is 29.7 Å². The number of carbonyl (C=O) groups excluding carboxylic acids is 1. The fraction of sp³-hybridized carbons (Fsp3) is 0.312. The molecule has 0 radical (unpaired) electrons. The van der Waals surface area contributed by atoms with E-state index in [1.54, 1.807) is 12.1 Å². The third kappa shape index (κ3) is 3.08. The maximum Gasteiger partial charge on any atom is 0.255 e. The first-order valence-electron chi connectivity index (χ1n) is 6.73. The summed E-state index contributed by atoms with van der Waals surface area (Å²) in [5, 5.41) is 23.4. The molecule has 4 heteroatoms. The van der Waals surface area contributed by atoms with Gasteiger partial charge in [0.05, 0.1) is 5.56 Å². The van der Waals surface area contributed by atoms with Crippen LogP contribution in [-0.2, 0) is 0 Å². The highest BCUT2D eigenvalue weighted by Crippen LogP contribution is 2.28. The van der Waals surface area contributed by atoms with E-state index in [1.807, 2.05) is 31.2 Å². The summed E-state index contributed by atoms with van der Waals surface area (Å²) in [6, 6.07) is 10.8. The number of hydrogen-bond donors (Lipinski definition) is 3. The van der Waals surface area contributed by atoms with Crippen LogP contribution in [0.15, 0.2) is 36.4 Å². The van der Waals surface area contributed by atoms with Crippen LogP contribution in [0, 0.1) is 5.92 Å². The molecule has 106 valence electrons. The number of fused-ring (bicyclic) bond motifs is 1. The van der Waals surface area contributed by atoms with Gasteiger partial charge in [-0.3, -0.25) is 4.79 Å². The molecule has 0 saturated heterocycles. The van der Waals surface area contributed by atoms with Crippen LogP contribution >= 0.6 is 0 Å². The highest BCUT2D eigenvalue weighted by Gasteiger charge is 2.14. The van der Waals surface area contributed by atoms with Gasteiger partial charge in [0.15, 0.2) is 0 Å². The van der Waals surface area contributed by atoms with E-state index in [9.17, 15) is 9.90 Å². The van der Waals surface area contributed by atoms with E-state index in [2.05, 4.69) is 5.32 Å². The highest BCUT2D eigenvalue weighted by atomic mass is 16.3. The molecule has 0 aliphatic rings. The first-order valence-corrected chi connectivity index (χ1v) is 6.73. The second-order valence-corrected chi connectivity index (χ2v) is 5.01. The molecule has 1 unspecified atom stereocenters. The first-order chi connectivity index (χ1) is 9.63. The Kier molecular flexibility index (Phi) is 4.58. The highest BCUT2D eigenvalue weighted by molar-refractivity contribution is 6.03. The summed E-state index contributed by atoms with van der Waals surface area (Å²) >= 11 is 0. The zero-order valence-corrected chi connectivity index (χ0v) is 11.5. The number of benzene rings is 2. The largest absolute Gasteiger partial charge is 0.506 e. The Labute approximate surface area is 118 Å². The molecule has 2 rings (SSSR count). The van der Waals surface area contributed by atoms with Gasteiger partial charge in [-0.15, -0.1) is 0 Å². The van der Waals surface area contributed by atoms with Crippen molar-refractivity contribution in [3.63, 3.8) is 0 Å². The Morgan fingerprint density at radius 3 is 2.75 bits per heavy atom. The number of aliphatic hydroxyl groups is 1. The SMILES string of the molecule is CC(CCO)CNC(=O)c1ccc2ccccc2c1O. The van der Waals surface area contributed by atoms with E-state index in [0.717, 1.165) is 5.39 Å². The van der Waals surface area contributed by atoms with Crippen LogP contribution in [0.1, 0.15) is 23.7 Å². The number of phenolic OH excluding ortho intramolecular Hbond substituents is 1. The molecule has 20 heavy (non-hydrogen) atoms. The standard InChI is InChI=1S/C16H19NO3/c1-11(8-9-18)10-17-16(20)14-7-6-12-4-2-3-5-13(12)15(14)19/h2-7,11,18-19H,8-10H2,1H3,(H,17,20). The average molecular weight is 273 g/mol. The lowest BCUT2D eigenvalue weighted by atomic mass is 10.0. The summed E-state index contributed by atoms with van der Waals surface area (Å²) in [6.45, 7) is 2.54. The molecule has 0 aliphatic heterocycles. The molecule has 2 aromatic carbocycles. The first kappa shape index (κ1) is 14.3. The van der Waals surface area contributed by atoms with Crippen molar-refractivity contribution in [1.82, 2.24) is 5.32 Å². The number of rotatable bonds is 5. The van der Waals surface area contributed by atoms with Crippen LogP contribution in [-0.4, -0.2) is 29.3 Å². The predicted molar refractivity (Wildman–Crippen MR) is 78.8 cm³/mol. The van der Waals surface area contributed by atoms with Gasteiger partial charge >= 0.3 is 0 Å². The van der Waals surface area contributed by atoms with Crippen LogP contribution in [0.25, 0.3) is 10.8 Å². The smallest absolute Gasteiger partial charge is 0.255 e. The number of aliphatic hydroxyl groups excluding tert-OH is 1. The maximum atomic E-state index is 12.1. The van der Waals surface area contributed by atoms with Crippen molar-refractivity contribution in [3.8, 4) is 5.75 Å². The van der Waals surface area contributed by atoms with Crippen molar-refractivity contribution >= 4 is 16.7 Å². The van der Waals surface area contributed by atoms with Crippen molar-refractivity contribution < 1.29 is 15.0 Å².